The number of imide groups is 1. The van der Waals surface area contributed by atoms with E-state index in [1.807, 2.05) is 57.2 Å². The molecule has 3 amide bonds. The van der Waals surface area contributed by atoms with Gasteiger partial charge in [0.1, 0.15) is 5.69 Å². The summed E-state index contributed by atoms with van der Waals surface area (Å²) >= 11 is 0. The number of carbonyl (C=O) groups is 3. The van der Waals surface area contributed by atoms with Gasteiger partial charge in [-0.05, 0) is 50.3 Å². The molecule has 0 radical (unpaired) electrons. The molecule has 2 aliphatic heterocycles. The second-order valence-corrected chi connectivity index (χ2v) is 12.7. The molecule has 5 atom stereocenters. The Balaban J connectivity index is 1.24. The minimum atomic E-state index is -4.48. The average Bonchev–Trinajstić information content (AvgIpc) is 3.57. The van der Waals surface area contributed by atoms with E-state index in [4.69, 9.17) is 0 Å². The van der Waals surface area contributed by atoms with Crippen molar-refractivity contribution < 1.29 is 27.6 Å². The van der Waals surface area contributed by atoms with Gasteiger partial charge < -0.3 is 4.90 Å². The summed E-state index contributed by atoms with van der Waals surface area (Å²) in [6, 6.07) is 14.0. The van der Waals surface area contributed by atoms with Crippen LogP contribution >= 0.6 is 0 Å². The highest BCUT2D eigenvalue weighted by molar-refractivity contribution is 6.08. The molecule has 3 heterocycles. The molecule has 0 bridgehead atoms. The summed E-state index contributed by atoms with van der Waals surface area (Å²) in [5.41, 5.74) is 0.154. The van der Waals surface area contributed by atoms with E-state index in [1.54, 1.807) is 27.9 Å². The van der Waals surface area contributed by atoms with Gasteiger partial charge in [-0.25, -0.2) is 4.68 Å². The van der Waals surface area contributed by atoms with Crippen LogP contribution in [-0.2, 0) is 27.1 Å². The van der Waals surface area contributed by atoms with E-state index in [0.29, 0.717) is 24.1 Å². The summed E-state index contributed by atoms with van der Waals surface area (Å²) in [4.78, 5) is 44.7. The fourth-order valence-electron chi connectivity index (χ4n) is 6.83. The molecule has 0 spiro atoms. The zero-order valence-electron chi connectivity index (χ0n) is 24.7. The number of piperidine rings is 1. The second-order valence-electron chi connectivity index (χ2n) is 12.7. The van der Waals surface area contributed by atoms with Gasteiger partial charge in [0, 0.05) is 17.6 Å². The van der Waals surface area contributed by atoms with Crippen molar-refractivity contribution in [3.8, 4) is 11.3 Å². The molecular weight excluding hydrogens is 571 g/mol. The number of aromatic nitrogens is 3. The van der Waals surface area contributed by atoms with Crippen molar-refractivity contribution in [1.82, 2.24) is 24.8 Å². The maximum atomic E-state index is 14.4. The monoisotopic (exact) mass is 605 g/mol. The van der Waals surface area contributed by atoms with Crippen molar-refractivity contribution in [2.75, 3.05) is 6.54 Å². The molecule has 0 saturated carbocycles. The van der Waals surface area contributed by atoms with Crippen molar-refractivity contribution in [1.29, 1.82) is 0 Å². The van der Waals surface area contributed by atoms with Crippen LogP contribution in [0.3, 0.4) is 0 Å². The number of halogens is 3. The Hall–Kier alpha value is -4.28. The van der Waals surface area contributed by atoms with Crippen LogP contribution in [0.5, 0.6) is 0 Å². The molecule has 2 fully saturated rings. The third-order valence-corrected chi connectivity index (χ3v) is 9.38. The molecule has 8 nitrogen and oxygen atoms in total. The molecule has 3 aliphatic rings. The van der Waals surface area contributed by atoms with E-state index in [0.717, 1.165) is 17.7 Å². The lowest BCUT2D eigenvalue weighted by Crippen LogP contribution is -2.57. The fraction of sp³-hybridized carbons (Fsp3) is 0.424. The van der Waals surface area contributed by atoms with Crippen molar-refractivity contribution in [3.63, 3.8) is 0 Å². The summed E-state index contributed by atoms with van der Waals surface area (Å²) < 4.78 is 41.4. The van der Waals surface area contributed by atoms with Crippen LogP contribution < -0.4 is 0 Å². The molecule has 3 aromatic rings. The molecule has 230 valence electrons. The first-order valence-corrected chi connectivity index (χ1v) is 14.8. The molecule has 2 saturated heterocycles. The third kappa shape index (κ3) is 5.33. The maximum Gasteiger partial charge on any atom is 0.416 e. The number of fused-ring (bicyclic) bond motifs is 1. The Morgan fingerprint density at radius 3 is 2.50 bits per heavy atom. The number of rotatable bonds is 5. The number of benzene rings is 2. The number of carbonyl (C=O) groups excluding carboxylic acids is 3. The van der Waals surface area contributed by atoms with Crippen LogP contribution in [0, 0.1) is 23.7 Å². The lowest BCUT2D eigenvalue weighted by Gasteiger charge is -2.48. The number of nitrogens with zero attached hydrogens (tertiary/aromatic N) is 5. The summed E-state index contributed by atoms with van der Waals surface area (Å²) in [5, 5.41) is 8.38. The van der Waals surface area contributed by atoms with Crippen LogP contribution in [0.4, 0.5) is 13.2 Å². The number of alkyl halides is 3. The Morgan fingerprint density at radius 1 is 1.02 bits per heavy atom. The standard InChI is InChI=1S/C33H34F3N5O3/c1-20-12-13-25-28(30(43)39(29(25)42)17-21-8-5-4-6-9-21)27(20)31(44)40-18-24(14-15-32(40,2)3)41-19-26(37-38-41)22-10-7-11-23(16-22)33(34,35)36/h4-13,16,19-20,24-25,27-28H,14-15,17-18H2,1-3H3. The predicted octanol–water partition coefficient (Wildman–Crippen LogP) is 5.53. The number of allylic oxidation sites excluding steroid dienone is 1. The second kappa shape index (κ2) is 11.0. The van der Waals surface area contributed by atoms with Crippen LogP contribution in [-0.4, -0.2) is 54.6 Å². The minimum absolute atomic E-state index is 0.159. The zero-order chi connectivity index (χ0) is 31.4. The smallest absolute Gasteiger partial charge is 0.335 e. The third-order valence-electron chi connectivity index (χ3n) is 9.38. The van der Waals surface area contributed by atoms with Gasteiger partial charge in [-0.15, -0.1) is 5.10 Å². The lowest BCUT2D eigenvalue weighted by molar-refractivity contribution is -0.152. The Labute approximate surface area is 253 Å². The summed E-state index contributed by atoms with van der Waals surface area (Å²) in [6.45, 7) is 6.32. The van der Waals surface area contributed by atoms with Crippen molar-refractivity contribution in [2.24, 2.45) is 23.7 Å². The zero-order valence-corrected chi connectivity index (χ0v) is 24.7. The Bertz CT molecular complexity index is 1620. The van der Waals surface area contributed by atoms with Crippen LogP contribution in [0.15, 0.2) is 72.9 Å². The van der Waals surface area contributed by atoms with E-state index in [-0.39, 0.29) is 42.8 Å². The molecule has 6 rings (SSSR count). The van der Waals surface area contributed by atoms with Gasteiger partial charge in [0.2, 0.25) is 17.7 Å². The molecule has 5 unspecified atom stereocenters. The summed E-state index contributed by atoms with van der Waals surface area (Å²) in [5.74, 6) is -3.24. The molecule has 1 aliphatic carbocycles. The van der Waals surface area contributed by atoms with Gasteiger partial charge in [0.15, 0.2) is 0 Å². The summed E-state index contributed by atoms with van der Waals surface area (Å²) in [6.07, 6.45) is 2.10. The number of amides is 3. The van der Waals surface area contributed by atoms with E-state index in [1.165, 1.54) is 11.0 Å². The normalized spacial score (nSPS) is 26.6. The van der Waals surface area contributed by atoms with E-state index in [9.17, 15) is 27.6 Å². The number of likely N-dealkylation sites (tertiary alicyclic amines) is 2. The van der Waals surface area contributed by atoms with Gasteiger partial charge in [-0.3, -0.25) is 19.3 Å². The average molecular weight is 606 g/mol. The van der Waals surface area contributed by atoms with Crippen molar-refractivity contribution in [3.05, 3.63) is 84.1 Å². The Kier molecular flexibility index (Phi) is 7.45. The van der Waals surface area contributed by atoms with Gasteiger partial charge >= 0.3 is 6.18 Å². The highest BCUT2D eigenvalue weighted by Crippen LogP contribution is 2.44. The SMILES string of the molecule is CC1C=CC2C(=O)N(Cc3ccccc3)C(=O)C2C1C(=O)N1CC(n2cc(-c3cccc(C(F)(F)F)c3)nn2)CCC1(C)C. The van der Waals surface area contributed by atoms with Crippen molar-refractivity contribution >= 4 is 17.7 Å². The van der Waals surface area contributed by atoms with Crippen molar-refractivity contribution in [2.45, 2.75) is 57.9 Å². The fourth-order valence-corrected chi connectivity index (χ4v) is 6.83. The molecule has 1 aromatic heterocycles. The molecular formula is C33H34F3N5O3. The van der Waals surface area contributed by atoms with Crippen LogP contribution in [0.1, 0.15) is 50.8 Å². The molecule has 11 heteroatoms. The first-order chi connectivity index (χ1) is 20.8. The summed E-state index contributed by atoms with van der Waals surface area (Å²) in [7, 11) is 0. The van der Waals surface area contributed by atoms with Gasteiger partial charge in [0.25, 0.3) is 0 Å². The maximum absolute atomic E-state index is 14.4. The number of hydrogen-bond donors (Lipinski definition) is 0. The quantitative estimate of drug-likeness (QED) is 0.282. The molecule has 44 heavy (non-hydrogen) atoms. The number of hydrogen-bond acceptors (Lipinski definition) is 5. The van der Waals surface area contributed by atoms with E-state index in [2.05, 4.69) is 10.3 Å². The topological polar surface area (TPSA) is 88.4 Å². The first-order valence-electron chi connectivity index (χ1n) is 14.8. The lowest BCUT2D eigenvalue weighted by atomic mass is 9.70. The molecule has 2 aromatic carbocycles. The Morgan fingerprint density at radius 2 is 1.77 bits per heavy atom. The highest BCUT2D eigenvalue weighted by Gasteiger charge is 2.56. The minimum Gasteiger partial charge on any atom is -0.335 e. The van der Waals surface area contributed by atoms with Gasteiger partial charge in [-0.1, -0.05) is 66.8 Å². The van der Waals surface area contributed by atoms with E-state index >= 15 is 0 Å². The van der Waals surface area contributed by atoms with Gasteiger partial charge in [-0.2, -0.15) is 13.2 Å². The van der Waals surface area contributed by atoms with E-state index < -0.39 is 35.0 Å². The largest absolute Gasteiger partial charge is 0.416 e. The van der Waals surface area contributed by atoms with Crippen LogP contribution in [0.25, 0.3) is 11.3 Å². The van der Waals surface area contributed by atoms with Crippen LogP contribution in [0.2, 0.25) is 0 Å². The predicted molar refractivity (Wildman–Crippen MR) is 155 cm³/mol. The van der Waals surface area contributed by atoms with Gasteiger partial charge in [0.05, 0.1) is 42.1 Å². The highest BCUT2D eigenvalue weighted by atomic mass is 19.4. The first kappa shape index (κ1) is 29.8. The molecule has 0 N–H and O–H groups in total.